The number of halogens is 1. The van der Waals surface area contributed by atoms with Crippen molar-refractivity contribution in [3.05, 3.63) is 58.6 Å². The van der Waals surface area contributed by atoms with E-state index in [1.807, 2.05) is 19.1 Å². The van der Waals surface area contributed by atoms with E-state index in [1.54, 1.807) is 30.3 Å². The van der Waals surface area contributed by atoms with E-state index in [2.05, 4.69) is 22.5 Å². The summed E-state index contributed by atoms with van der Waals surface area (Å²) in [6, 6.07) is 12.3. The fraction of sp³-hybridized carbons (Fsp3) is 0.440. The standard InChI is InChI=1S/C25H32ClN3O3/c1-3-32-16-4-13-27-25(31)22-17-21(28-24(30)19-5-7-20(26)8-6-19)9-10-23(22)29-14-11-18(2)12-15-29/h5-10,17-18H,3-4,11-16H2,1-2H3,(H,27,31)(H,28,30). The second-order valence-electron chi connectivity index (χ2n) is 8.17. The lowest BCUT2D eigenvalue weighted by molar-refractivity contribution is 0.0943. The summed E-state index contributed by atoms with van der Waals surface area (Å²) in [7, 11) is 0. The van der Waals surface area contributed by atoms with Crippen LogP contribution in [0.15, 0.2) is 42.5 Å². The number of carbonyl (C=O) groups is 2. The number of rotatable bonds is 9. The maximum absolute atomic E-state index is 13.0. The van der Waals surface area contributed by atoms with Crippen LogP contribution in [0, 0.1) is 5.92 Å². The average molecular weight is 458 g/mol. The van der Waals surface area contributed by atoms with Crippen LogP contribution in [0.4, 0.5) is 11.4 Å². The van der Waals surface area contributed by atoms with Crippen molar-refractivity contribution in [2.45, 2.75) is 33.1 Å². The van der Waals surface area contributed by atoms with Gasteiger partial charge in [-0.2, -0.15) is 0 Å². The molecule has 1 saturated heterocycles. The van der Waals surface area contributed by atoms with Crippen molar-refractivity contribution in [2.24, 2.45) is 5.92 Å². The van der Waals surface area contributed by atoms with Crippen molar-refractivity contribution >= 4 is 34.8 Å². The van der Waals surface area contributed by atoms with Crippen molar-refractivity contribution in [3.63, 3.8) is 0 Å². The van der Waals surface area contributed by atoms with Crippen LogP contribution in [0.5, 0.6) is 0 Å². The van der Waals surface area contributed by atoms with Crippen molar-refractivity contribution in [2.75, 3.05) is 43.1 Å². The zero-order valence-electron chi connectivity index (χ0n) is 18.8. The molecule has 7 heteroatoms. The van der Waals surface area contributed by atoms with Gasteiger partial charge in [-0.1, -0.05) is 18.5 Å². The van der Waals surface area contributed by atoms with Crippen LogP contribution in [0.25, 0.3) is 0 Å². The van der Waals surface area contributed by atoms with Crippen molar-refractivity contribution < 1.29 is 14.3 Å². The number of carbonyl (C=O) groups excluding carboxylic acids is 2. The van der Waals surface area contributed by atoms with Gasteiger partial charge >= 0.3 is 0 Å². The van der Waals surface area contributed by atoms with Gasteiger partial charge in [0.25, 0.3) is 11.8 Å². The summed E-state index contributed by atoms with van der Waals surface area (Å²) in [5, 5.41) is 6.46. The van der Waals surface area contributed by atoms with Crippen LogP contribution in [-0.2, 0) is 4.74 Å². The number of hydrogen-bond acceptors (Lipinski definition) is 4. The lowest BCUT2D eigenvalue weighted by Crippen LogP contribution is -2.35. The summed E-state index contributed by atoms with van der Waals surface area (Å²) in [4.78, 5) is 27.9. The van der Waals surface area contributed by atoms with E-state index in [4.69, 9.17) is 16.3 Å². The molecule has 0 spiro atoms. The number of anilines is 2. The average Bonchev–Trinajstić information content (AvgIpc) is 2.80. The predicted molar refractivity (Wildman–Crippen MR) is 130 cm³/mol. The molecule has 172 valence electrons. The Labute approximate surface area is 195 Å². The van der Waals surface area contributed by atoms with Crippen LogP contribution in [0.3, 0.4) is 0 Å². The Morgan fingerprint density at radius 1 is 1.09 bits per heavy atom. The molecule has 6 nitrogen and oxygen atoms in total. The molecule has 1 fully saturated rings. The zero-order valence-corrected chi connectivity index (χ0v) is 19.6. The highest BCUT2D eigenvalue weighted by Gasteiger charge is 2.22. The summed E-state index contributed by atoms with van der Waals surface area (Å²) in [6.07, 6.45) is 2.96. The summed E-state index contributed by atoms with van der Waals surface area (Å²) >= 11 is 5.91. The molecule has 0 saturated carbocycles. The highest BCUT2D eigenvalue weighted by atomic mass is 35.5. The molecule has 1 aliphatic heterocycles. The van der Waals surface area contributed by atoms with E-state index >= 15 is 0 Å². The fourth-order valence-electron chi connectivity index (χ4n) is 3.74. The van der Waals surface area contributed by atoms with E-state index in [1.165, 1.54) is 0 Å². The largest absolute Gasteiger partial charge is 0.382 e. The molecule has 2 amide bonds. The molecule has 0 aromatic heterocycles. The number of benzene rings is 2. The molecular formula is C25H32ClN3O3. The molecule has 2 aromatic carbocycles. The fourth-order valence-corrected chi connectivity index (χ4v) is 3.87. The van der Waals surface area contributed by atoms with E-state index in [0.29, 0.717) is 47.5 Å². The van der Waals surface area contributed by atoms with Gasteiger partial charge in [0.1, 0.15) is 0 Å². The monoisotopic (exact) mass is 457 g/mol. The van der Waals surface area contributed by atoms with Gasteiger partial charge < -0.3 is 20.3 Å². The highest BCUT2D eigenvalue weighted by molar-refractivity contribution is 6.30. The van der Waals surface area contributed by atoms with Gasteiger partial charge in [0.05, 0.1) is 5.56 Å². The van der Waals surface area contributed by atoms with Gasteiger partial charge in [-0.25, -0.2) is 0 Å². The Morgan fingerprint density at radius 3 is 2.50 bits per heavy atom. The Morgan fingerprint density at radius 2 is 1.81 bits per heavy atom. The lowest BCUT2D eigenvalue weighted by Gasteiger charge is -2.33. The van der Waals surface area contributed by atoms with Gasteiger partial charge in [0.15, 0.2) is 0 Å². The van der Waals surface area contributed by atoms with Gasteiger partial charge in [-0.3, -0.25) is 9.59 Å². The summed E-state index contributed by atoms with van der Waals surface area (Å²) in [5.74, 6) is 0.307. The first kappa shape index (κ1) is 24.1. The first-order valence-corrected chi connectivity index (χ1v) is 11.7. The number of amides is 2. The molecule has 0 aliphatic carbocycles. The highest BCUT2D eigenvalue weighted by Crippen LogP contribution is 2.29. The van der Waals surface area contributed by atoms with Crippen LogP contribution in [-0.4, -0.2) is 44.7 Å². The summed E-state index contributed by atoms with van der Waals surface area (Å²) < 4.78 is 5.35. The van der Waals surface area contributed by atoms with Crippen molar-refractivity contribution in [1.29, 1.82) is 0 Å². The molecule has 2 aromatic rings. The Balaban J connectivity index is 1.77. The molecule has 3 rings (SSSR count). The minimum atomic E-state index is -0.246. The van der Waals surface area contributed by atoms with Gasteiger partial charge in [-0.05, 0) is 74.6 Å². The Hall–Kier alpha value is -2.57. The van der Waals surface area contributed by atoms with E-state index < -0.39 is 0 Å². The first-order valence-electron chi connectivity index (χ1n) is 11.3. The Bertz CT molecular complexity index is 909. The van der Waals surface area contributed by atoms with E-state index in [-0.39, 0.29) is 11.8 Å². The van der Waals surface area contributed by atoms with Crippen LogP contribution in [0.1, 0.15) is 53.8 Å². The van der Waals surface area contributed by atoms with Gasteiger partial charge in [-0.15, -0.1) is 0 Å². The molecule has 0 atom stereocenters. The van der Waals surface area contributed by atoms with E-state index in [9.17, 15) is 9.59 Å². The number of hydrogen-bond donors (Lipinski definition) is 2. The number of nitrogens with one attached hydrogen (secondary N) is 2. The minimum absolute atomic E-state index is 0.141. The third-order valence-electron chi connectivity index (χ3n) is 5.68. The second-order valence-corrected chi connectivity index (χ2v) is 8.61. The SMILES string of the molecule is CCOCCCNC(=O)c1cc(NC(=O)c2ccc(Cl)cc2)ccc1N1CCC(C)CC1. The van der Waals surface area contributed by atoms with Gasteiger partial charge in [0.2, 0.25) is 0 Å². The predicted octanol–water partition coefficient (Wildman–Crippen LogP) is 4.99. The van der Waals surface area contributed by atoms with Crippen LogP contribution >= 0.6 is 11.6 Å². The van der Waals surface area contributed by atoms with Crippen LogP contribution in [0.2, 0.25) is 5.02 Å². The molecule has 0 bridgehead atoms. The van der Waals surface area contributed by atoms with Crippen molar-refractivity contribution in [1.82, 2.24) is 5.32 Å². The molecule has 2 N–H and O–H groups in total. The van der Waals surface area contributed by atoms with E-state index in [0.717, 1.165) is 38.0 Å². The molecule has 1 heterocycles. The number of piperidine rings is 1. The van der Waals surface area contributed by atoms with Crippen molar-refractivity contribution in [3.8, 4) is 0 Å². The molecular weight excluding hydrogens is 426 g/mol. The summed E-state index contributed by atoms with van der Waals surface area (Å²) in [5.41, 5.74) is 2.57. The molecule has 32 heavy (non-hydrogen) atoms. The molecule has 0 radical (unpaired) electrons. The smallest absolute Gasteiger partial charge is 0.255 e. The normalized spacial score (nSPS) is 14.3. The van der Waals surface area contributed by atoms with Gasteiger partial charge in [0, 0.05) is 54.8 Å². The number of nitrogens with zero attached hydrogens (tertiary/aromatic N) is 1. The third kappa shape index (κ3) is 6.71. The zero-order chi connectivity index (χ0) is 22.9. The lowest BCUT2D eigenvalue weighted by atomic mass is 9.97. The maximum Gasteiger partial charge on any atom is 0.255 e. The Kier molecular flexibility index (Phi) is 8.94. The first-order chi connectivity index (χ1) is 15.5. The summed E-state index contributed by atoms with van der Waals surface area (Å²) in [6.45, 7) is 7.87. The van der Waals surface area contributed by atoms with Crippen LogP contribution < -0.4 is 15.5 Å². The second kappa shape index (κ2) is 11.9. The topological polar surface area (TPSA) is 70.7 Å². The minimum Gasteiger partial charge on any atom is -0.382 e. The molecule has 0 unspecified atom stereocenters. The number of ether oxygens (including phenoxy) is 1. The molecule has 1 aliphatic rings. The maximum atomic E-state index is 13.0. The quantitative estimate of drug-likeness (QED) is 0.520. The third-order valence-corrected chi connectivity index (χ3v) is 5.94.